The Morgan fingerprint density at radius 1 is 1.17 bits per heavy atom. The maximum atomic E-state index is 11.1. The van der Waals surface area contributed by atoms with Crippen LogP contribution in [0.5, 0.6) is 0 Å². The van der Waals surface area contributed by atoms with E-state index in [-0.39, 0.29) is 0 Å². The number of hydrogen-bond donors (Lipinski definition) is 0. The zero-order valence-corrected chi connectivity index (χ0v) is 8.94. The highest BCUT2D eigenvalue weighted by Crippen LogP contribution is 2.21. The van der Waals surface area contributed by atoms with Crippen molar-refractivity contribution in [3.63, 3.8) is 0 Å². The highest BCUT2D eigenvalue weighted by Gasteiger charge is 2.10. The van der Waals surface area contributed by atoms with Crippen LogP contribution in [0.2, 0.25) is 0 Å². The fraction of sp³-hybridized carbons (Fsp3) is 0.909. The average Bonchev–Trinajstić information content (AvgIpc) is 1.84. The molecule has 0 saturated carbocycles. The second kappa shape index (κ2) is 5.34. The lowest BCUT2D eigenvalue weighted by Gasteiger charge is -2.17. The van der Waals surface area contributed by atoms with Crippen molar-refractivity contribution in [2.45, 2.75) is 59.8 Å². The van der Waals surface area contributed by atoms with Crippen molar-refractivity contribution >= 4 is 5.78 Å². The van der Waals surface area contributed by atoms with Gasteiger partial charge in [-0.2, -0.15) is 0 Å². The van der Waals surface area contributed by atoms with Crippen molar-refractivity contribution < 1.29 is 4.79 Å². The van der Waals surface area contributed by atoms with Gasteiger partial charge in [-0.15, -0.1) is 0 Å². The first-order valence-electron chi connectivity index (χ1n) is 4.97. The predicted molar refractivity (Wildman–Crippen MR) is 53.2 cm³/mol. The van der Waals surface area contributed by atoms with Crippen molar-refractivity contribution in [3.8, 4) is 0 Å². The molecule has 0 radical (unpaired) electrons. The third-order valence-electron chi connectivity index (χ3n) is 1.91. The summed E-state index contributed by atoms with van der Waals surface area (Å²) < 4.78 is 0. The molecule has 0 aliphatic carbocycles. The van der Waals surface area contributed by atoms with Crippen LogP contribution in [-0.4, -0.2) is 5.78 Å². The van der Waals surface area contributed by atoms with Gasteiger partial charge in [-0.25, -0.2) is 0 Å². The molecular formula is C11H22O. The molecule has 0 heterocycles. The summed E-state index contributed by atoms with van der Waals surface area (Å²) in [6.07, 6.45) is 4.76. The summed E-state index contributed by atoms with van der Waals surface area (Å²) in [6, 6.07) is 0. The maximum absolute atomic E-state index is 11.1. The van der Waals surface area contributed by atoms with E-state index < -0.39 is 0 Å². The Bertz CT molecular complexity index is 130. The van der Waals surface area contributed by atoms with Crippen LogP contribution in [0.4, 0.5) is 0 Å². The lowest BCUT2D eigenvalue weighted by molar-refractivity contribution is -0.119. The first kappa shape index (κ1) is 11.7. The van der Waals surface area contributed by atoms with E-state index in [1.54, 1.807) is 0 Å². The third-order valence-corrected chi connectivity index (χ3v) is 1.91. The molecule has 1 heteroatoms. The van der Waals surface area contributed by atoms with E-state index in [1.165, 1.54) is 0 Å². The molecule has 0 unspecified atom stereocenters. The summed E-state index contributed by atoms with van der Waals surface area (Å²) in [7, 11) is 0. The second-order valence-electron chi connectivity index (χ2n) is 4.70. The van der Waals surface area contributed by atoms with Crippen LogP contribution < -0.4 is 0 Å². The quantitative estimate of drug-likeness (QED) is 0.616. The largest absolute Gasteiger partial charge is 0.300 e. The third kappa shape index (κ3) is 7.77. The minimum absolute atomic E-state index is 0.381. The number of Topliss-reactive ketones (excluding diaryl/α,β-unsaturated/α-hetero) is 1. The molecular weight excluding hydrogens is 148 g/mol. The lowest BCUT2D eigenvalue weighted by Crippen LogP contribution is -2.06. The Morgan fingerprint density at radius 3 is 2.17 bits per heavy atom. The minimum Gasteiger partial charge on any atom is -0.300 e. The highest BCUT2D eigenvalue weighted by atomic mass is 16.1. The van der Waals surface area contributed by atoms with Gasteiger partial charge in [0, 0.05) is 12.8 Å². The summed E-state index contributed by atoms with van der Waals surface area (Å²) in [4.78, 5) is 11.1. The average molecular weight is 170 g/mol. The second-order valence-corrected chi connectivity index (χ2v) is 4.70. The van der Waals surface area contributed by atoms with Crippen molar-refractivity contribution in [1.29, 1.82) is 0 Å². The van der Waals surface area contributed by atoms with E-state index in [1.807, 2.05) is 0 Å². The van der Waals surface area contributed by atoms with Crippen LogP contribution in [0.1, 0.15) is 59.8 Å². The molecule has 0 fully saturated rings. The van der Waals surface area contributed by atoms with Gasteiger partial charge in [0.15, 0.2) is 0 Å². The predicted octanol–water partition coefficient (Wildman–Crippen LogP) is 3.57. The zero-order chi connectivity index (χ0) is 9.61. The normalized spacial score (nSPS) is 11.7. The van der Waals surface area contributed by atoms with Gasteiger partial charge in [-0.1, -0.05) is 27.7 Å². The van der Waals surface area contributed by atoms with E-state index in [9.17, 15) is 4.79 Å². The number of rotatable bonds is 5. The van der Waals surface area contributed by atoms with Crippen molar-refractivity contribution in [1.82, 2.24) is 0 Å². The van der Waals surface area contributed by atoms with E-state index in [2.05, 4.69) is 27.7 Å². The van der Waals surface area contributed by atoms with Gasteiger partial charge in [-0.05, 0) is 24.7 Å². The molecule has 0 aliphatic heterocycles. The molecule has 0 N–H and O–H groups in total. The fourth-order valence-electron chi connectivity index (χ4n) is 1.22. The molecule has 0 spiro atoms. The molecule has 12 heavy (non-hydrogen) atoms. The maximum Gasteiger partial charge on any atom is 0.132 e. The van der Waals surface area contributed by atoms with Crippen LogP contribution in [0, 0.1) is 5.41 Å². The van der Waals surface area contributed by atoms with Gasteiger partial charge in [0.05, 0.1) is 0 Å². The van der Waals surface area contributed by atoms with Gasteiger partial charge in [-0.3, -0.25) is 4.79 Å². The Kier molecular flexibility index (Phi) is 5.19. The molecule has 0 aromatic heterocycles. The molecule has 72 valence electrons. The van der Waals surface area contributed by atoms with Crippen LogP contribution in [0.15, 0.2) is 0 Å². The number of carbonyl (C=O) groups excluding carboxylic acids is 1. The topological polar surface area (TPSA) is 17.1 Å². The van der Waals surface area contributed by atoms with E-state index >= 15 is 0 Å². The van der Waals surface area contributed by atoms with E-state index in [0.717, 1.165) is 32.1 Å². The summed E-state index contributed by atoms with van der Waals surface area (Å²) in [6.45, 7) is 8.72. The summed E-state index contributed by atoms with van der Waals surface area (Å²) in [5, 5.41) is 0. The molecule has 0 aliphatic rings. The first-order chi connectivity index (χ1) is 5.45. The number of ketones is 1. The molecule has 0 atom stereocenters. The first-order valence-corrected chi connectivity index (χ1v) is 4.97. The smallest absolute Gasteiger partial charge is 0.132 e. The summed E-state index contributed by atoms with van der Waals surface area (Å²) in [5.74, 6) is 0.432. The van der Waals surface area contributed by atoms with Gasteiger partial charge in [0.2, 0.25) is 0 Å². The summed E-state index contributed by atoms with van der Waals surface area (Å²) >= 11 is 0. The minimum atomic E-state index is 0.381. The fourth-order valence-corrected chi connectivity index (χ4v) is 1.22. The molecule has 0 amide bonds. The standard InChI is InChI=1S/C11H22O/c1-5-7-10(12)8-6-9-11(2,3)4/h5-9H2,1-4H3. The highest BCUT2D eigenvalue weighted by molar-refractivity contribution is 5.78. The van der Waals surface area contributed by atoms with Crippen LogP contribution in [0.25, 0.3) is 0 Å². The van der Waals surface area contributed by atoms with Gasteiger partial charge in [0.25, 0.3) is 0 Å². The molecule has 0 aromatic carbocycles. The molecule has 0 rings (SSSR count). The Morgan fingerprint density at radius 2 is 1.75 bits per heavy atom. The SMILES string of the molecule is CCCC(=O)CCCC(C)(C)C. The van der Waals surface area contributed by atoms with Crippen molar-refractivity contribution in [2.24, 2.45) is 5.41 Å². The number of hydrogen-bond acceptors (Lipinski definition) is 1. The molecule has 0 aromatic rings. The Labute approximate surface area is 76.6 Å². The molecule has 0 saturated heterocycles. The van der Waals surface area contributed by atoms with Gasteiger partial charge >= 0.3 is 0 Å². The van der Waals surface area contributed by atoms with Crippen molar-refractivity contribution in [2.75, 3.05) is 0 Å². The van der Waals surface area contributed by atoms with Crippen molar-refractivity contribution in [3.05, 3.63) is 0 Å². The van der Waals surface area contributed by atoms with Gasteiger partial charge in [0.1, 0.15) is 5.78 Å². The Hall–Kier alpha value is -0.330. The Balaban J connectivity index is 3.37. The van der Waals surface area contributed by atoms with Crippen LogP contribution in [0.3, 0.4) is 0 Å². The number of carbonyl (C=O) groups is 1. The monoisotopic (exact) mass is 170 g/mol. The van der Waals surface area contributed by atoms with Crippen LogP contribution in [-0.2, 0) is 4.79 Å². The molecule has 1 nitrogen and oxygen atoms in total. The lowest BCUT2D eigenvalue weighted by atomic mass is 9.89. The molecule has 0 bridgehead atoms. The van der Waals surface area contributed by atoms with Gasteiger partial charge < -0.3 is 0 Å². The van der Waals surface area contributed by atoms with Crippen LogP contribution >= 0.6 is 0 Å². The zero-order valence-electron chi connectivity index (χ0n) is 8.94. The summed E-state index contributed by atoms with van der Waals surface area (Å²) in [5.41, 5.74) is 0.381. The van der Waals surface area contributed by atoms with E-state index in [4.69, 9.17) is 0 Å². The van der Waals surface area contributed by atoms with E-state index in [0.29, 0.717) is 11.2 Å².